The van der Waals surface area contributed by atoms with Crippen molar-refractivity contribution in [1.82, 2.24) is 5.32 Å². The number of rotatable bonds is 3. The van der Waals surface area contributed by atoms with Crippen molar-refractivity contribution in [2.75, 3.05) is 0 Å². The molecule has 0 aliphatic carbocycles. The molecule has 5 nitrogen and oxygen atoms in total. The summed E-state index contributed by atoms with van der Waals surface area (Å²) in [5, 5.41) is 2.66. The van der Waals surface area contributed by atoms with Crippen molar-refractivity contribution < 1.29 is 19.1 Å². The van der Waals surface area contributed by atoms with Gasteiger partial charge in [-0.3, -0.25) is 4.79 Å². The molecule has 0 fully saturated rings. The molecule has 114 valence electrons. The van der Waals surface area contributed by atoms with E-state index < -0.39 is 17.6 Å². The van der Waals surface area contributed by atoms with Crippen LogP contribution >= 0.6 is 0 Å². The molecule has 0 aromatic heterocycles. The van der Waals surface area contributed by atoms with Gasteiger partial charge in [0.05, 0.1) is 13.2 Å². The number of fused-ring (bicyclic) bond motifs is 1. The minimum atomic E-state index is -0.693. The van der Waals surface area contributed by atoms with E-state index in [9.17, 15) is 9.59 Å². The second-order valence-corrected chi connectivity index (χ2v) is 6.20. The summed E-state index contributed by atoms with van der Waals surface area (Å²) in [6.07, 6.45) is 0. The molecule has 1 atom stereocenters. The van der Waals surface area contributed by atoms with Gasteiger partial charge >= 0.3 is 5.97 Å². The molecular formula is C16H21NO4. The smallest absolute Gasteiger partial charge is 0.328 e. The first kappa shape index (κ1) is 15.5. The van der Waals surface area contributed by atoms with E-state index >= 15 is 0 Å². The van der Waals surface area contributed by atoms with Gasteiger partial charge in [-0.2, -0.15) is 0 Å². The van der Waals surface area contributed by atoms with Crippen LogP contribution in [0.1, 0.15) is 49.2 Å². The molecule has 0 radical (unpaired) electrons. The monoisotopic (exact) mass is 291 g/mol. The summed E-state index contributed by atoms with van der Waals surface area (Å²) in [6.45, 7) is 8.10. The number of hydrogen-bond donors (Lipinski definition) is 1. The normalized spacial score (nSPS) is 15.2. The van der Waals surface area contributed by atoms with Crippen molar-refractivity contribution in [1.29, 1.82) is 0 Å². The van der Waals surface area contributed by atoms with Crippen LogP contribution in [0.2, 0.25) is 0 Å². The van der Waals surface area contributed by atoms with E-state index in [1.807, 2.05) is 6.07 Å². The standard InChI is InChI=1S/C16H21NO4/c1-10(15(19)21-16(2,3)4)17-14(18)11-5-6-12-8-20-9-13(12)7-11/h5-7,10H,8-9H2,1-4H3,(H,17,18)/t10-/m1/s1. The van der Waals surface area contributed by atoms with Gasteiger partial charge in [0.15, 0.2) is 0 Å². The highest BCUT2D eigenvalue weighted by atomic mass is 16.6. The van der Waals surface area contributed by atoms with Crippen LogP contribution in [0.15, 0.2) is 18.2 Å². The van der Waals surface area contributed by atoms with Crippen molar-refractivity contribution in [3.8, 4) is 0 Å². The molecule has 0 spiro atoms. The van der Waals surface area contributed by atoms with Gasteiger partial charge in [-0.15, -0.1) is 0 Å². The minimum Gasteiger partial charge on any atom is -0.458 e. The predicted molar refractivity (Wildman–Crippen MR) is 77.7 cm³/mol. The average molecular weight is 291 g/mol. The number of hydrogen-bond acceptors (Lipinski definition) is 4. The van der Waals surface area contributed by atoms with Gasteiger partial charge in [-0.05, 0) is 51.0 Å². The Bertz CT molecular complexity index is 560. The maximum atomic E-state index is 12.2. The number of ether oxygens (including phenoxy) is 2. The lowest BCUT2D eigenvalue weighted by Gasteiger charge is -2.22. The first-order chi connectivity index (χ1) is 9.76. The van der Waals surface area contributed by atoms with Gasteiger partial charge in [-0.1, -0.05) is 6.07 Å². The van der Waals surface area contributed by atoms with Crippen LogP contribution in [-0.4, -0.2) is 23.5 Å². The predicted octanol–water partition coefficient (Wildman–Crippen LogP) is 2.18. The molecule has 21 heavy (non-hydrogen) atoms. The van der Waals surface area contributed by atoms with E-state index in [4.69, 9.17) is 9.47 Å². The molecule has 1 amide bonds. The maximum Gasteiger partial charge on any atom is 0.328 e. The Hall–Kier alpha value is -1.88. The van der Waals surface area contributed by atoms with E-state index in [-0.39, 0.29) is 5.91 Å². The van der Waals surface area contributed by atoms with Crippen molar-refractivity contribution >= 4 is 11.9 Å². The molecule has 5 heteroatoms. The molecule has 1 aromatic carbocycles. The summed E-state index contributed by atoms with van der Waals surface area (Å²) < 4.78 is 10.6. The zero-order valence-corrected chi connectivity index (χ0v) is 12.9. The highest BCUT2D eigenvalue weighted by Gasteiger charge is 2.23. The number of carbonyl (C=O) groups is 2. The number of nitrogens with one attached hydrogen (secondary N) is 1. The highest BCUT2D eigenvalue weighted by Crippen LogP contribution is 2.20. The van der Waals surface area contributed by atoms with Crippen molar-refractivity contribution in [3.63, 3.8) is 0 Å². The van der Waals surface area contributed by atoms with Crippen molar-refractivity contribution in [2.24, 2.45) is 0 Å². The SMILES string of the molecule is C[C@@H](NC(=O)c1ccc2c(c1)COC2)C(=O)OC(C)(C)C. The third kappa shape index (κ3) is 4.04. The summed E-state index contributed by atoms with van der Waals surface area (Å²) in [4.78, 5) is 24.0. The Morgan fingerprint density at radius 3 is 2.57 bits per heavy atom. The number of carbonyl (C=O) groups excluding carboxylic acids is 2. The largest absolute Gasteiger partial charge is 0.458 e. The second-order valence-electron chi connectivity index (χ2n) is 6.20. The van der Waals surface area contributed by atoms with Crippen LogP contribution in [0.4, 0.5) is 0 Å². The van der Waals surface area contributed by atoms with E-state index in [0.29, 0.717) is 18.8 Å². The first-order valence-corrected chi connectivity index (χ1v) is 6.99. The topological polar surface area (TPSA) is 64.6 Å². The van der Waals surface area contributed by atoms with Gasteiger partial charge in [0.25, 0.3) is 5.91 Å². The summed E-state index contributed by atoms with van der Waals surface area (Å²) in [5.41, 5.74) is 2.08. The van der Waals surface area contributed by atoms with Crippen LogP contribution in [0.25, 0.3) is 0 Å². The van der Waals surface area contributed by atoms with Crippen LogP contribution in [0.5, 0.6) is 0 Å². The Morgan fingerprint density at radius 1 is 1.24 bits per heavy atom. The summed E-state index contributed by atoms with van der Waals surface area (Å²) in [5.74, 6) is -0.733. The molecule has 1 heterocycles. The van der Waals surface area contributed by atoms with E-state index in [0.717, 1.165) is 11.1 Å². The van der Waals surface area contributed by atoms with E-state index in [1.165, 1.54) is 0 Å². The molecule has 0 bridgehead atoms. The zero-order valence-electron chi connectivity index (χ0n) is 12.9. The summed E-state index contributed by atoms with van der Waals surface area (Å²) in [7, 11) is 0. The third-order valence-electron chi connectivity index (χ3n) is 3.09. The molecule has 1 aliphatic rings. The summed E-state index contributed by atoms with van der Waals surface area (Å²) >= 11 is 0. The maximum absolute atomic E-state index is 12.2. The minimum absolute atomic E-state index is 0.289. The van der Waals surface area contributed by atoms with Gasteiger partial charge in [0.2, 0.25) is 0 Å². The number of esters is 1. The molecule has 0 saturated heterocycles. The fourth-order valence-electron chi connectivity index (χ4n) is 2.04. The quantitative estimate of drug-likeness (QED) is 0.867. The Kier molecular flexibility index (Phi) is 4.32. The zero-order chi connectivity index (χ0) is 15.6. The van der Waals surface area contributed by atoms with E-state index in [2.05, 4.69) is 5.32 Å². The molecule has 0 saturated carbocycles. The van der Waals surface area contributed by atoms with Crippen LogP contribution in [0.3, 0.4) is 0 Å². The van der Waals surface area contributed by atoms with Gasteiger partial charge in [0, 0.05) is 5.56 Å². The fourth-order valence-corrected chi connectivity index (χ4v) is 2.04. The number of benzene rings is 1. The van der Waals surface area contributed by atoms with Crippen molar-refractivity contribution in [2.45, 2.75) is 52.6 Å². The fraction of sp³-hybridized carbons (Fsp3) is 0.500. The van der Waals surface area contributed by atoms with Crippen LogP contribution in [0, 0.1) is 0 Å². The molecule has 0 unspecified atom stereocenters. The van der Waals surface area contributed by atoms with Crippen LogP contribution < -0.4 is 5.32 Å². The van der Waals surface area contributed by atoms with Gasteiger partial charge in [0.1, 0.15) is 11.6 Å². The highest BCUT2D eigenvalue weighted by molar-refractivity contribution is 5.97. The third-order valence-corrected chi connectivity index (χ3v) is 3.09. The summed E-state index contributed by atoms with van der Waals surface area (Å²) in [6, 6.07) is 4.74. The van der Waals surface area contributed by atoms with Crippen molar-refractivity contribution in [3.05, 3.63) is 34.9 Å². The van der Waals surface area contributed by atoms with Gasteiger partial charge in [-0.25, -0.2) is 4.79 Å². The van der Waals surface area contributed by atoms with E-state index in [1.54, 1.807) is 39.8 Å². The second kappa shape index (κ2) is 5.85. The molecule has 1 aromatic rings. The average Bonchev–Trinajstić information content (AvgIpc) is 2.83. The lowest BCUT2D eigenvalue weighted by molar-refractivity contribution is -0.156. The lowest BCUT2D eigenvalue weighted by atomic mass is 10.1. The molecule has 1 N–H and O–H groups in total. The first-order valence-electron chi connectivity index (χ1n) is 6.99. The Balaban J connectivity index is 1.99. The Labute approximate surface area is 124 Å². The molecule has 1 aliphatic heterocycles. The van der Waals surface area contributed by atoms with Gasteiger partial charge < -0.3 is 14.8 Å². The van der Waals surface area contributed by atoms with Crippen LogP contribution in [-0.2, 0) is 27.5 Å². The molecular weight excluding hydrogens is 270 g/mol. The lowest BCUT2D eigenvalue weighted by Crippen LogP contribution is -2.42. The Morgan fingerprint density at radius 2 is 1.90 bits per heavy atom. The molecule has 2 rings (SSSR count). The number of amides is 1.